The SMILES string of the molecule is C/C(N)=C1\C=C\c2[nH]nc3c(C)nc(cc23)-c2c(C)[nH][n+](C)c2O[C@@H](C)CN(C)CC1=NC[C@H](C)O. The van der Waals surface area contributed by atoms with Gasteiger partial charge in [-0.1, -0.05) is 4.68 Å². The Hall–Kier alpha value is -3.50. The highest BCUT2D eigenvalue weighted by Gasteiger charge is 2.28. The Bertz CT molecular complexity index is 1360. The molecule has 0 fully saturated rings. The first-order valence-corrected chi connectivity index (χ1v) is 12.2. The van der Waals surface area contributed by atoms with Gasteiger partial charge in [-0.15, -0.1) is 0 Å². The monoisotopic (exact) mass is 493 g/mol. The smallest absolute Gasteiger partial charge is 0.403 e. The van der Waals surface area contributed by atoms with Crippen LogP contribution in [-0.4, -0.2) is 74.9 Å². The number of aliphatic hydroxyl groups is 1. The number of H-pyrrole nitrogens is 2. The van der Waals surface area contributed by atoms with E-state index in [1.165, 1.54) is 0 Å². The average Bonchev–Trinajstić information content (AvgIpc) is 3.31. The molecule has 192 valence electrons. The summed E-state index contributed by atoms with van der Waals surface area (Å²) in [5.74, 6) is 0.733. The summed E-state index contributed by atoms with van der Waals surface area (Å²) in [6.07, 6.45) is 3.28. The maximum Gasteiger partial charge on any atom is 0.403 e. The number of ether oxygens (including phenoxy) is 1. The molecule has 0 saturated heterocycles. The highest BCUT2D eigenvalue weighted by molar-refractivity contribution is 6.05. The number of hydrogen-bond donors (Lipinski definition) is 4. The van der Waals surface area contributed by atoms with Crippen molar-refractivity contribution < 1.29 is 14.5 Å². The first-order valence-electron chi connectivity index (χ1n) is 12.2. The lowest BCUT2D eigenvalue weighted by molar-refractivity contribution is -0.731. The zero-order valence-electron chi connectivity index (χ0n) is 22.2. The van der Waals surface area contributed by atoms with Crippen molar-refractivity contribution in [3.05, 3.63) is 40.5 Å². The summed E-state index contributed by atoms with van der Waals surface area (Å²) in [7, 11) is 3.97. The van der Waals surface area contributed by atoms with Gasteiger partial charge in [0.1, 0.15) is 17.2 Å². The number of pyridine rings is 1. The lowest BCUT2D eigenvalue weighted by Gasteiger charge is -2.23. The molecule has 10 nitrogen and oxygen atoms in total. The van der Waals surface area contributed by atoms with Crippen LogP contribution in [0.5, 0.6) is 5.88 Å². The summed E-state index contributed by atoms with van der Waals surface area (Å²) >= 11 is 0. The molecule has 10 heteroatoms. The Morgan fingerprint density at radius 1 is 1.39 bits per heavy atom. The van der Waals surface area contributed by atoms with Crippen molar-refractivity contribution >= 4 is 22.7 Å². The number of hydrogen-bond acceptors (Lipinski definition) is 7. The molecule has 4 rings (SSSR count). The number of fused-ring (bicyclic) bond motifs is 3. The van der Waals surface area contributed by atoms with Crippen molar-refractivity contribution in [2.45, 2.75) is 46.8 Å². The number of rotatable bonds is 2. The van der Waals surface area contributed by atoms with Crippen molar-refractivity contribution in [1.29, 1.82) is 0 Å². The van der Waals surface area contributed by atoms with E-state index in [1.54, 1.807) is 6.92 Å². The third-order valence-corrected chi connectivity index (χ3v) is 6.23. The molecule has 0 amide bonds. The minimum atomic E-state index is -0.550. The van der Waals surface area contributed by atoms with E-state index in [2.05, 4.69) is 20.2 Å². The van der Waals surface area contributed by atoms with E-state index < -0.39 is 6.10 Å². The van der Waals surface area contributed by atoms with E-state index in [4.69, 9.17) is 20.4 Å². The lowest BCUT2D eigenvalue weighted by atomic mass is 10.0. The Morgan fingerprint density at radius 3 is 2.83 bits per heavy atom. The average molecular weight is 494 g/mol. The van der Waals surface area contributed by atoms with Crippen molar-refractivity contribution in [2.24, 2.45) is 17.8 Å². The summed E-state index contributed by atoms with van der Waals surface area (Å²) in [6.45, 7) is 11.1. The number of aryl methyl sites for hydroxylation is 3. The molecule has 36 heavy (non-hydrogen) atoms. The molecule has 4 heterocycles. The van der Waals surface area contributed by atoms with E-state index >= 15 is 0 Å². The number of nitrogens with two attached hydrogens (primary N) is 1. The molecule has 0 unspecified atom stereocenters. The summed E-state index contributed by atoms with van der Waals surface area (Å²) in [6, 6.07) is 2.05. The number of nitrogens with one attached hydrogen (secondary N) is 2. The van der Waals surface area contributed by atoms with Crippen LogP contribution in [0.1, 0.15) is 37.9 Å². The summed E-state index contributed by atoms with van der Waals surface area (Å²) in [4.78, 5) is 11.8. The normalized spacial score (nSPS) is 21.7. The van der Waals surface area contributed by atoms with Gasteiger partial charge in [0.2, 0.25) is 0 Å². The van der Waals surface area contributed by atoms with Crippen LogP contribution in [0.2, 0.25) is 0 Å². The molecule has 1 aliphatic rings. The first kappa shape index (κ1) is 25.6. The fourth-order valence-electron chi connectivity index (χ4n) is 4.64. The van der Waals surface area contributed by atoms with Crippen LogP contribution < -0.4 is 15.2 Å². The molecule has 3 aromatic heterocycles. The predicted molar refractivity (Wildman–Crippen MR) is 142 cm³/mol. The van der Waals surface area contributed by atoms with Gasteiger partial charge in [-0.3, -0.25) is 20.0 Å². The number of likely N-dealkylation sites (N-methyl/N-ethyl adjacent to an activating group) is 1. The maximum absolute atomic E-state index is 9.89. The zero-order valence-corrected chi connectivity index (χ0v) is 22.2. The van der Waals surface area contributed by atoms with Gasteiger partial charge in [-0.05, 0) is 59.9 Å². The quantitative estimate of drug-likeness (QED) is 0.405. The first-order chi connectivity index (χ1) is 17.0. The second kappa shape index (κ2) is 10.2. The Labute approximate surface area is 211 Å². The number of aliphatic imine (C=N–C) groups is 1. The van der Waals surface area contributed by atoms with Crippen molar-refractivity contribution in [3.8, 4) is 17.1 Å². The number of aliphatic hydroxyl groups excluding tert-OH is 1. The second-order valence-electron chi connectivity index (χ2n) is 9.79. The minimum Gasteiger partial charge on any atom is -0.438 e. The molecule has 3 aromatic rings. The Morgan fingerprint density at radius 2 is 2.14 bits per heavy atom. The molecule has 2 atom stereocenters. The van der Waals surface area contributed by atoms with Gasteiger partial charge in [-0.2, -0.15) is 10.2 Å². The van der Waals surface area contributed by atoms with Crippen LogP contribution in [-0.2, 0) is 7.05 Å². The van der Waals surface area contributed by atoms with Gasteiger partial charge in [0, 0.05) is 29.7 Å². The molecule has 1 aliphatic heterocycles. The minimum absolute atomic E-state index is 0.116. The summed E-state index contributed by atoms with van der Waals surface area (Å²) in [5, 5.41) is 21.9. The topological polar surface area (TPSA) is 132 Å². The van der Waals surface area contributed by atoms with Gasteiger partial charge < -0.3 is 15.6 Å². The van der Waals surface area contributed by atoms with Crippen LogP contribution in [0.3, 0.4) is 0 Å². The molecular weight excluding hydrogens is 456 g/mol. The molecule has 0 spiro atoms. The standard InChI is InChI=1S/C26H36N8O2/c1-14(35)11-28-23-13-33(6)12-15(2)36-26-24(17(4)32-34(26)7)22-10-20-21(9-8-19(23)16(3)27)30-31-25(20)18(5)29-22/h8-10,14-15,35H,11-13H2,1-7H3,(H3,27,28,29,30,31)/p+1/t14-,15-/m0/s1. The number of aromatic amines is 2. The molecule has 0 saturated carbocycles. The summed E-state index contributed by atoms with van der Waals surface area (Å²) < 4.78 is 8.38. The fourth-order valence-corrected chi connectivity index (χ4v) is 4.64. The van der Waals surface area contributed by atoms with Crippen molar-refractivity contribution in [1.82, 2.24) is 25.2 Å². The number of allylic oxidation sites excluding steroid dienone is 2. The van der Waals surface area contributed by atoms with E-state index in [1.807, 2.05) is 64.7 Å². The lowest BCUT2D eigenvalue weighted by Crippen LogP contribution is -2.39. The van der Waals surface area contributed by atoms with E-state index in [9.17, 15) is 5.11 Å². The number of nitrogens with zero attached hydrogens (tertiary/aromatic N) is 5. The second-order valence-corrected chi connectivity index (χ2v) is 9.79. The van der Waals surface area contributed by atoms with Crippen LogP contribution in [0.15, 0.2) is 28.4 Å². The molecule has 0 aromatic carbocycles. The molecular formula is C26H37N8O2+. The highest BCUT2D eigenvalue weighted by Crippen LogP contribution is 2.33. The van der Waals surface area contributed by atoms with Gasteiger partial charge in [-0.25, -0.2) is 0 Å². The van der Waals surface area contributed by atoms with E-state index in [0.29, 0.717) is 25.3 Å². The van der Waals surface area contributed by atoms with E-state index in [-0.39, 0.29) is 6.10 Å². The van der Waals surface area contributed by atoms with Crippen LogP contribution in [0.25, 0.3) is 28.2 Å². The van der Waals surface area contributed by atoms with Gasteiger partial charge in [0.15, 0.2) is 7.05 Å². The van der Waals surface area contributed by atoms with Gasteiger partial charge in [0.05, 0.1) is 41.1 Å². The third kappa shape index (κ3) is 5.19. The van der Waals surface area contributed by atoms with Crippen LogP contribution >= 0.6 is 0 Å². The third-order valence-electron chi connectivity index (χ3n) is 6.23. The maximum atomic E-state index is 9.89. The highest BCUT2D eigenvalue weighted by atomic mass is 16.5. The van der Waals surface area contributed by atoms with E-state index in [0.717, 1.165) is 56.4 Å². The Kier molecular flexibility index (Phi) is 7.28. The molecule has 2 bridgehead atoms. The molecule has 0 aliphatic carbocycles. The Balaban J connectivity index is 1.94. The van der Waals surface area contributed by atoms with Gasteiger partial charge >= 0.3 is 5.88 Å². The van der Waals surface area contributed by atoms with Gasteiger partial charge in [0.25, 0.3) is 0 Å². The summed E-state index contributed by atoms with van der Waals surface area (Å²) in [5.41, 5.74) is 13.8. The largest absolute Gasteiger partial charge is 0.438 e. The number of aromatic nitrogens is 5. The van der Waals surface area contributed by atoms with Crippen LogP contribution in [0, 0.1) is 13.8 Å². The fraction of sp³-hybridized carbons (Fsp3) is 0.462. The predicted octanol–water partition coefficient (Wildman–Crippen LogP) is 2.17. The van der Waals surface area contributed by atoms with Crippen molar-refractivity contribution in [2.75, 3.05) is 26.7 Å². The van der Waals surface area contributed by atoms with Crippen molar-refractivity contribution in [3.63, 3.8) is 0 Å². The molecule has 5 N–H and O–H groups in total. The zero-order chi connectivity index (χ0) is 26.1. The van der Waals surface area contributed by atoms with Crippen LogP contribution in [0.4, 0.5) is 0 Å². The molecule has 0 radical (unpaired) electrons.